The summed E-state index contributed by atoms with van der Waals surface area (Å²) in [6.07, 6.45) is 6.24. The van der Waals surface area contributed by atoms with E-state index >= 15 is 0 Å². The minimum atomic E-state index is -0.300. The van der Waals surface area contributed by atoms with Gasteiger partial charge in [-0.25, -0.2) is 0 Å². The van der Waals surface area contributed by atoms with Gasteiger partial charge in [-0.3, -0.25) is 4.79 Å². The van der Waals surface area contributed by atoms with Crippen LogP contribution in [0, 0.1) is 0 Å². The monoisotopic (exact) mass is 389 g/mol. The summed E-state index contributed by atoms with van der Waals surface area (Å²) >= 11 is 0. The van der Waals surface area contributed by atoms with Gasteiger partial charge in [-0.1, -0.05) is 32.0 Å². The molecule has 1 N–H and O–H groups in total. The Morgan fingerprint density at radius 1 is 0.897 bits per heavy atom. The van der Waals surface area contributed by atoms with Crippen LogP contribution in [-0.4, -0.2) is 5.91 Å². The molecule has 0 saturated carbocycles. The van der Waals surface area contributed by atoms with Crippen LogP contribution in [0.4, 0.5) is 5.69 Å². The van der Waals surface area contributed by atoms with Crippen molar-refractivity contribution in [2.75, 3.05) is 5.32 Å². The Labute approximate surface area is 173 Å². The highest BCUT2D eigenvalue weighted by atomic mass is 16.5. The molecular formula is C25H29N2O2+. The van der Waals surface area contributed by atoms with Crippen LogP contribution >= 0.6 is 0 Å². The van der Waals surface area contributed by atoms with Gasteiger partial charge in [-0.15, -0.1) is 0 Å². The molecule has 0 unspecified atom stereocenters. The summed E-state index contributed by atoms with van der Waals surface area (Å²) in [4.78, 5) is 12.7. The lowest BCUT2D eigenvalue weighted by Crippen LogP contribution is -2.44. The van der Waals surface area contributed by atoms with Crippen LogP contribution in [0.25, 0.3) is 0 Å². The lowest BCUT2D eigenvalue weighted by atomic mass is 9.95. The van der Waals surface area contributed by atoms with E-state index < -0.39 is 0 Å². The minimum absolute atomic E-state index is 0.0537. The zero-order valence-corrected chi connectivity index (χ0v) is 17.3. The van der Waals surface area contributed by atoms with E-state index in [-0.39, 0.29) is 11.9 Å². The van der Waals surface area contributed by atoms with E-state index in [1.165, 1.54) is 5.56 Å². The van der Waals surface area contributed by atoms with Crippen molar-refractivity contribution in [2.24, 2.45) is 0 Å². The van der Waals surface area contributed by atoms with E-state index in [4.69, 9.17) is 4.74 Å². The van der Waals surface area contributed by atoms with Crippen molar-refractivity contribution in [2.45, 2.75) is 45.6 Å². The van der Waals surface area contributed by atoms with Gasteiger partial charge in [-0.2, -0.15) is 4.57 Å². The third-order valence-corrected chi connectivity index (χ3v) is 5.26. The highest BCUT2D eigenvalue weighted by Gasteiger charge is 2.22. The van der Waals surface area contributed by atoms with Crippen molar-refractivity contribution in [3.05, 3.63) is 84.7 Å². The number of amides is 1. The van der Waals surface area contributed by atoms with Crippen LogP contribution in [0.5, 0.6) is 11.5 Å². The van der Waals surface area contributed by atoms with Crippen LogP contribution in [0.2, 0.25) is 0 Å². The first kappa shape index (κ1) is 20.6. The molecule has 0 aliphatic heterocycles. The first-order valence-electron chi connectivity index (χ1n) is 10.2. The number of rotatable bonds is 8. The maximum absolute atomic E-state index is 12.7. The summed E-state index contributed by atoms with van der Waals surface area (Å²) in [5, 5.41) is 2.98. The number of carbonyl (C=O) groups is 1. The number of nitrogens with one attached hydrogen (secondary N) is 1. The normalized spacial score (nSPS) is 11.9. The number of ether oxygens (including phenoxy) is 1. The maximum Gasteiger partial charge on any atom is 0.293 e. The molecule has 4 heteroatoms. The number of hydrogen-bond donors (Lipinski definition) is 1. The molecule has 3 rings (SSSR count). The molecule has 0 aliphatic carbocycles. The topological polar surface area (TPSA) is 42.2 Å². The second kappa shape index (κ2) is 9.87. The number of hydrogen-bond acceptors (Lipinski definition) is 2. The molecule has 0 saturated heterocycles. The van der Waals surface area contributed by atoms with Gasteiger partial charge in [0, 0.05) is 24.7 Å². The largest absolute Gasteiger partial charge is 0.457 e. The second-order valence-electron chi connectivity index (χ2n) is 7.20. The molecule has 0 radical (unpaired) electrons. The zero-order valence-electron chi connectivity index (χ0n) is 17.3. The summed E-state index contributed by atoms with van der Waals surface area (Å²) in [6.45, 7) is 6.32. The van der Waals surface area contributed by atoms with Crippen LogP contribution in [0.3, 0.4) is 0 Å². The summed E-state index contributed by atoms with van der Waals surface area (Å²) in [6, 6.07) is 21.0. The average Bonchev–Trinajstić information content (AvgIpc) is 2.76. The van der Waals surface area contributed by atoms with Gasteiger partial charge in [0.1, 0.15) is 11.5 Å². The highest BCUT2D eigenvalue weighted by molar-refractivity contribution is 5.92. The molecule has 1 aromatic heterocycles. The smallest absolute Gasteiger partial charge is 0.293 e. The van der Waals surface area contributed by atoms with Crippen molar-refractivity contribution < 1.29 is 14.1 Å². The lowest BCUT2D eigenvalue weighted by molar-refractivity contribution is -0.705. The molecule has 1 atom stereocenters. The molecule has 4 nitrogen and oxygen atoms in total. The summed E-state index contributed by atoms with van der Waals surface area (Å²) < 4.78 is 7.73. The molecule has 1 amide bonds. The second-order valence-corrected chi connectivity index (χ2v) is 7.20. The van der Waals surface area contributed by atoms with Crippen LogP contribution in [0.1, 0.15) is 51.1 Å². The van der Waals surface area contributed by atoms with E-state index in [1.54, 1.807) is 0 Å². The van der Waals surface area contributed by atoms with Gasteiger partial charge in [-0.05, 0) is 60.7 Å². The fraction of sp³-hybridized carbons (Fsp3) is 0.280. The molecule has 3 aromatic rings. The summed E-state index contributed by atoms with van der Waals surface area (Å²) in [5.74, 6) is 2.03. The number of para-hydroxylation sites is 1. The van der Waals surface area contributed by atoms with Gasteiger partial charge >= 0.3 is 0 Å². The van der Waals surface area contributed by atoms with Crippen LogP contribution in [-0.2, 0) is 4.79 Å². The molecular weight excluding hydrogens is 360 g/mol. The first-order valence-corrected chi connectivity index (χ1v) is 10.2. The molecule has 0 spiro atoms. The molecule has 29 heavy (non-hydrogen) atoms. The number of benzene rings is 2. The molecule has 0 aliphatic rings. The average molecular weight is 390 g/mol. The van der Waals surface area contributed by atoms with E-state index in [0.29, 0.717) is 5.92 Å². The van der Waals surface area contributed by atoms with E-state index in [0.717, 1.165) is 30.0 Å². The quantitative estimate of drug-likeness (QED) is 0.490. The number of aromatic nitrogens is 1. The number of nitrogens with zero attached hydrogens (tertiary/aromatic N) is 1. The Balaban J connectivity index is 1.60. The molecule has 1 heterocycles. The van der Waals surface area contributed by atoms with Gasteiger partial charge in [0.15, 0.2) is 12.4 Å². The lowest BCUT2D eigenvalue weighted by Gasteiger charge is -2.13. The van der Waals surface area contributed by atoms with Crippen LogP contribution in [0.15, 0.2) is 79.1 Å². The Bertz CT molecular complexity index is 902. The van der Waals surface area contributed by atoms with Gasteiger partial charge < -0.3 is 10.1 Å². The third-order valence-electron chi connectivity index (χ3n) is 5.26. The number of anilines is 1. The van der Waals surface area contributed by atoms with Crippen LogP contribution < -0.4 is 14.6 Å². The van der Waals surface area contributed by atoms with Gasteiger partial charge in [0.05, 0.1) is 0 Å². The van der Waals surface area contributed by atoms with E-state index in [2.05, 4.69) is 31.3 Å². The predicted molar refractivity (Wildman–Crippen MR) is 116 cm³/mol. The minimum Gasteiger partial charge on any atom is -0.457 e. The number of pyridine rings is 1. The predicted octanol–water partition coefficient (Wildman–Crippen LogP) is 5.87. The molecule has 2 aromatic carbocycles. The Morgan fingerprint density at radius 3 is 2.07 bits per heavy atom. The number of carbonyl (C=O) groups excluding carboxylic acids is 1. The summed E-state index contributed by atoms with van der Waals surface area (Å²) in [5.41, 5.74) is 2.07. The van der Waals surface area contributed by atoms with Crippen molar-refractivity contribution in [3.63, 3.8) is 0 Å². The van der Waals surface area contributed by atoms with Crippen molar-refractivity contribution in [1.82, 2.24) is 0 Å². The molecule has 0 bridgehead atoms. The maximum atomic E-state index is 12.7. The Morgan fingerprint density at radius 2 is 1.48 bits per heavy atom. The summed E-state index contributed by atoms with van der Waals surface area (Å²) in [7, 11) is 0. The fourth-order valence-corrected chi connectivity index (χ4v) is 3.35. The Kier molecular flexibility index (Phi) is 7.01. The van der Waals surface area contributed by atoms with E-state index in [9.17, 15) is 4.79 Å². The van der Waals surface area contributed by atoms with Gasteiger partial charge in [0.25, 0.3) is 5.91 Å². The van der Waals surface area contributed by atoms with Crippen molar-refractivity contribution in [1.29, 1.82) is 0 Å². The SMILES string of the molecule is CCC(CC)c1cc[n+]([C@@H](C)C(=O)Nc2ccc(Oc3ccccc3)cc2)cc1. The standard InChI is InChI=1S/C25H28N2O2/c1-4-20(5-2)21-15-17-27(18-16-21)19(3)25(28)26-22-11-13-24(14-12-22)29-23-9-7-6-8-10-23/h6-20H,4-5H2,1-3H3/p+1/t19-/m0/s1. The zero-order chi connectivity index (χ0) is 20.6. The highest BCUT2D eigenvalue weighted by Crippen LogP contribution is 2.23. The molecule has 150 valence electrons. The van der Waals surface area contributed by atoms with Crippen molar-refractivity contribution in [3.8, 4) is 11.5 Å². The van der Waals surface area contributed by atoms with E-state index in [1.807, 2.05) is 78.5 Å². The van der Waals surface area contributed by atoms with Crippen molar-refractivity contribution >= 4 is 11.6 Å². The van der Waals surface area contributed by atoms with Gasteiger partial charge in [0.2, 0.25) is 6.04 Å². The first-order chi connectivity index (χ1) is 14.1. The third kappa shape index (κ3) is 5.44. The molecule has 0 fully saturated rings. The Hall–Kier alpha value is -3.14. The fourth-order valence-electron chi connectivity index (χ4n) is 3.35.